The normalized spacial score (nSPS) is 13.5. The van der Waals surface area contributed by atoms with Crippen LogP contribution in [0.25, 0.3) is 11.1 Å². The van der Waals surface area contributed by atoms with Gasteiger partial charge in [0.2, 0.25) is 0 Å². The van der Waals surface area contributed by atoms with Crippen molar-refractivity contribution in [1.29, 1.82) is 0 Å². The van der Waals surface area contributed by atoms with Crippen molar-refractivity contribution in [3.8, 4) is 22.6 Å². The first-order valence-electron chi connectivity index (χ1n) is 11.4. The summed E-state index contributed by atoms with van der Waals surface area (Å²) in [6, 6.07) is 22.1. The maximum atomic E-state index is 11.9. The zero-order valence-electron chi connectivity index (χ0n) is 20.2. The van der Waals surface area contributed by atoms with Crippen molar-refractivity contribution in [2.24, 2.45) is 0 Å². The van der Waals surface area contributed by atoms with Gasteiger partial charge in [0, 0.05) is 11.1 Å². The fourth-order valence-corrected chi connectivity index (χ4v) is 4.01. The Balaban J connectivity index is 2.12. The van der Waals surface area contributed by atoms with Crippen LogP contribution in [0.2, 0.25) is 0 Å². The van der Waals surface area contributed by atoms with Crippen LogP contribution in [0.4, 0.5) is 0 Å². The smallest absolute Gasteiger partial charge is 0.129 e. The van der Waals surface area contributed by atoms with E-state index in [0.29, 0.717) is 6.61 Å². The van der Waals surface area contributed by atoms with Crippen molar-refractivity contribution in [1.82, 2.24) is 0 Å². The summed E-state index contributed by atoms with van der Waals surface area (Å²) in [7, 11) is 1.68. The second-order valence-corrected chi connectivity index (χ2v) is 9.49. The number of hydrogen-bond donors (Lipinski definition) is 1. The number of benzene rings is 3. The van der Waals surface area contributed by atoms with Crippen LogP contribution in [0.3, 0.4) is 0 Å². The first-order chi connectivity index (χ1) is 15.2. The Labute approximate surface area is 193 Å². The summed E-state index contributed by atoms with van der Waals surface area (Å²) < 4.78 is 11.9. The fourth-order valence-electron chi connectivity index (χ4n) is 4.01. The molecule has 0 aliphatic carbocycles. The van der Waals surface area contributed by atoms with E-state index >= 15 is 0 Å². The molecule has 32 heavy (non-hydrogen) atoms. The van der Waals surface area contributed by atoms with Gasteiger partial charge in [-0.1, -0.05) is 88.7 Å². The lowest BCUT2D eigenvalue weighted by molar-refractivity contribution is 0.0973. The molecule has 3 nitrogen and oxygen atoms in total. The van der Waals surface area contributed by atoms with Crippen LogP contribution in [-0.4, -0.2) is 18.8 Å². The first-order valence-corrected chi connectivity index (χ1v) is 11.4. The highest BCUT2D eigenvalue weighted by Crippen LogP contribution is 2.42. The van der Waals surface area contributed by atoms with Crippen LogP contribution in [-0.2, 0) is 11.0 Å². The third-order valence-corrected chi connectivity index (χ3v) is 5.93. The Morgan fingerprint density at radius 3 is 2.22 bits per heavy atom. The summed E-state index contributed by atoms with van der Waals surface area (Å²) in [6.07, 6.45) is 2.04. The minimum atomic E-state index is -1.22. The molecule has 3 aromatic rings. The molecule has 0 amide bonds. The summed E-state index contributed by atoms with van der Waals surface area (Å²) in [5, 5.41) is 11.9. The molecule has 0 aromatic heterocycles. The Morgan fingerprint density at radius 1 is 0.844 bits per heavy atom. The minimum absolute atomic E-state index is 0.104. The molecule has 1 atom stereocenters. The summed E-state index contributed by atoms with van der Waals surface area (Å²) >= 11 is 0. The van der Waals surface area contributed by atoms with E-state index in [1.807, 2.05) is 67.6 Å². The van der Waals surface area contributed by atoms with Gasteiger partial charge in [-0.15, -0.1) is 0 Å². The third kappa shape index (κ3) is 4.99. The van der Waals surface area contributed by atoms with Crippen LogP contribution >= 0.6 is 0 Å². The molecule has 0 saturated heterocycles. The molecule has 3 heteroatoms. The number of para-hydroxylation sites is 2. The zero-order chi connectivity index (χ0) is 23.4. The largest absolute Gasteiger partial charge is 0.496 e. The van der Waals surface area contributed by atoms with Gasteiger partial charge in [0.05, 0.1) is 13.7 Å². The molecule has 0 radical (unpaired) electrons. The van der Waals surface area contributed by atoms with Crippen molar-refractivity contribution >= 4 is 0 Å². The highest BCUT2D eigenvalue weighted by atomic mass is 16.5. The van der Waals surface area contributed by atoms with Crippen molar-refractivity contribution in [3.63, 3.8) is 0 Å². The fraction of sp³-hybridized carbons (Fsp3) is 0.379. The van der Waals surface area contributed by atoms with Crippen LogP contribution in [0.15, 0.2) is 66.7 Å². The Morgan fingerprint density at radius 2 is 1.53 bits per heavy atom. The SMILES string of the molecule is CCCCOc1c(C(C)(C)C)cccc1C(C)(O)c1cccc(-c2ccccc2OC)c1. The lowest BCUT2D eigenvalue weighted by Crippen LogP contribution is -2.26. The molecule has 0 saturated carbocycles. The molecule has 0 fully saturated rings. The van der Waals surface area contributed by atoms with Crippen molar-refractivity contribution in [2.75, 3.05) is 13.7 Å². The van der Waals surface area contributed by atoms with Crippen LogP contribution in [0.5, 0.6) is 11.5 Å². The Bertz CT molecular complexity index is 1040. The van der Waals surface area contributed by atoms with Crippen LogP contribution in [0.1, 0.15) is 64.2 Å². The molecule has 1 unspecified atom stereocenters. The van der Waals surface area contributed by atoms with E-state index < -0.39 is 5.60 Å². The third-order valence-electron chi connectivity index (χ3n) is 5.93. The van der Waals surface area contributed by atoms with Gasteiger partial charge in [-0.25, -0.2) is 0 Å². The topological polar surface area (TPSA) is 38.7 Å². The number of aliphatic hydroxyl groups is 1. The van der Waals surface area contributed by atoms with Crippen molar-refractivity contribution in [2.45, 2.75) is 58.5 Å². The average Bonchev–Trinajstić information content (AvgIpc) is 2.78. The predicted molar refractivity (Wildman–Crippen MR) is 133 cm³/mol. The predicted octanol–water partition coefficient (Wildman–Crippen LogP) is 7.09. The molecule has 0 spiro atoms. The van der Waals surface area contributed by atoms with Gasteiger partial charge in [0.1, 0.15) is 17.1 Å². The number of ether oxygens (including phenoxy) is 2. The van der Waals surface area contributed by atoms with Gasteiger partial charge in [-0.05, 0) is 47.6 Å². The summed E-state index contributed by atoms with van der Waals surface area (Å²) in [6.45, 7) is 11.2. The van der Waals surface area contributed by atoms with Crippen molar-refractivity contribution < 1.29 is 14.6 Å². The second kappa shape index (κ2) is 9.79. The zero-order valence-corrected chi connectivity index (χ0v) is 20.2. The number of unbranched alkanes of at least 4 members (excludes halogenated alkanes) is 1. The lowest BCUT2D eigenvalue weighted by Gasteiger charge is -2.31. The van der Waals surface area contributed by atoms with Gasteiger partial charge in [0.25, 0.3) is 0 Å². The molecular formula is C29H36O3. The van der Waals surface area contributed by atoms with E-state index in [-0.39, 0.29) is 5.41 Å². The molecule has 1 N–H and O–H groups in total. The monoisotopic (exact) mass is 432 g/mol. The molecule has 0 aliphatic heterocycles. The van der Waals surface area contributed by atoms with Crippen LogP contribution in [0, 0.1) is 0 Å². The first kappa shape index (κ1) is 23.9. The van der Waals surface area contributed by atoms with Gasteiger partial charge in [-0.2, -0.15) is 0 Å². The van der Waals surface area contributed by atoms with E-state index in [2.05, 4.69) is 33.8 Å². The van der Waals surface area contributed by atoms with E-state index in [0.717, 1.165) is 52.2 Å². The van der Waals surface area contributed by atoms with E-state index in [1.165, 1.54) is 0 Å². The number of methoxy groups -OCH3 is 1. The number of hydrogen-bond acceptors (Lipinski definition) is 3. The average molecular weight is 433 g/mol. The minimum Gasteiger partial charge on any atom is -0.496 e. The second-order valence-electron chi connectivity index (χ2n) is 9.49. The highest BCUT2D eigenvalue weighted by molar-refractivity contribution is 5.71. The standard InChI is InChI=1S/C29H36O3/c1-7-8-19-32-27-24(28(2,3)4)16-12-17-25(27)29(5,30)22-14-11-13-21(20-22)23-15-9-10-18-26(23)31-6/h9-18,20,30H,7-8,19H2,1-6H3. The molecule has 0 bridgehead atoms. The molecular weight excluding hydrogens is 396 g/mol. The van der Waals surface area contributed by atoms with Crippen LogP contribution < -0.4 is 9.47 Å². The summed E-state index contributed by atoms with van der Waals surface area (Å²) in [5.74, 6) is 1.60. The van der Waals surface area contributed by atoms with Crippen molar-refractivity contribution in [3.05, 3.63) is 83.4 Å². The van der Waals surface area contributed by atoms with E-state index in [4.69, 9.17) is 9.47 Å². The Kier molecular flexibility index (Phi) is 7.30. The number of rotatable bonds is 8. The molecule has 0 aliphatic rings. The molecule has 170 valence electrons. The summed E-state index contributed by atoms with van der Waals surface area (Å²) in [4.78, 5) is 0. The Hall–Kier alpha value is -2.78. The van der Waals surface area contributed by atoms with Gasteiger partial charge >= 0.3 is 0 Å². The molecule has 3 rings (SSSR count). The molecule has 0 heterocycles. The van der Waals surface area contributed by atoms with Gasteiger partial charge < -0.3 is 14.6 Å². The summed E-state index contributed by atoms with van der Waals surface area (Å²) in [5.41, 5.74) is 3.38. The van der Waals surface area contributed by atoms with Gasteiger partial charge in [0.15, 0.2) is 0 Å². The molecule has 3 aromatic carbocycles. The van der Waals surface area contributed by atoms with Gasteiger partial charge in [-0.3, -0.25) is 0 Å². The maximum Gasteiger partial charge on any atom is 0.129 e. The maximum absolute atomic E-state index is 11.9. The van der Waals surface area contributed by atoms with E-state index in [1.54, 1.807) is 7.11 Å². The quantitative estimate of drug-likeness (QED) is 0.386. The lowest BCUT2D eigenvalue weighted by atomic mass is 9.80. The highest BCUT2D eigenvalue weighted by Gasteiger charge is 2.33. The van der Waals surface area contributed by atoms with E-state index in [9.17, 15) is 5.11 Å².